The van der Waals surface area contributed by atoms with Crippen LogP contribution in [0.25, 0.3) is 11.1 Å². The molecule has 10 aromatic carbocycles. The van der Waals surface area contributed by atoms with E-state index in [1.165, 1.54) is 47.9 Å². The first-order valence-electron chi connectivity index (χ1n) is 35.1. The number of hydrogen-bond donors (Lipinski definition) is 0. The van der Waals surface area contributed by atoms with Gasteiger partial charge < -0.3 is 9.80 Å². The summed E-state index contributed by atoms with van der Waals surface area (Å²) in [6.45, 7) is 0. The van der Waals surface area contributed by atoms with Crippen molar-refractivity contribution in [3.05, 3.63) is 307 Å². The summed E-state index contributed by atoms with van der Waals surface area (Å²) in [7, 11) is 0. The van der Waals surface area contributed by atoms with Crippen LogP contribution in [0.3, 0.4) is 0 Å². The third kappa shape index (κ3) is 9.90. The minimum Gasteiger partial charge on any atom is -0.304 e. The van der Waals surface area contributed by atoms with Crippen LogP contribution in [-0.4, -0.2) is 0 Å². The van der Waals surface area contributed by atoms with E-state index < -0.39 is 79.9 Å². The first-order valence-corrected chi connectivity index (χ1v) is 35.1. The van der Waals surface area contributed by atoms with Gasteiger partial charge in [-0.2, -0.15) is 0 Å². The molecule has 6 aliphatic rings. The van der Waals surface area contributed by atoms with Crippen LogP contribution in [0.15, 0.2) is 194 Å². The molecule has 2 heterocycles. The third-order valence-electron chi connectivity index (χ3n) is 23.1. The Labute approximate surface area is 557 Å². The summed E-state index contributed by atoms with van der Waals surface area (Å²) < 4.78 is 143. The lowest BCUT2D eigenvalue weighted by atomic mass is 9.62. The van der Waals surface area contributed by atoms with E-state index in [1.54, 1.807) is 48.5 Å². The second kappa shape index (κ2) is 25.3. The molecule has 0 unspecified atom stereocenters. The van der Waals surface area contributed by atoms with Crippen molar-refractivity contribution in [1.29, 1.82) is 0 Å². The monoisotopic (exact) mass is 1290 g/mol. The number of hydrogen-bond acceptors (Lipinski definition) is 2. The van der Waals surface area contributed by atoms with E-state index in [2.05, 4.69) is 97.1 Å². The largest absolute Gasteiger partial charge is 0.304 e. The van der Waals surface area contributed by atoms with Gasteiger partial charge in [0.15, 0.2) is 46.5 Å². The average molecular weight is 1290 g/mol. The van der Waals surface area contributed by atoms with Crippen molar-refractivity contribution in [3.8, 4) is 11.1 Å². The molecule has 0 amide bonds. The molecular formula is C86H76F8N2. The zero-order chi connectivity index (χ0) is 65.4. The van der Waals surface area contributed by atoms with Crippen LogP contribution in [-0.2, 0) is 10.8 Å². The van der Waals surface area contributed by atoms with Crippen LogP contribution in [0.5, 0.6) is 0 Å². The molecule has 2 aliphatic heterocycles. The highest BCUT2D eigenvalue weighted by atomic mass is 19.2. The summed E-state index contributed by atoms with van der Waals surface area (Å²) in [5.41, 5.74) is 2.50. The number of nitrogens with zero attached hydrogens (tertiary/aromatic N) is 2. The van der Waals surface area contributed by atoms with E-state index >= 15 is 35.1 Å². The van der Waals surface area contributed by atoms with Crippen molar-refractivity contribution in [1.82, 2.24) is 0 Å². The topological polar surface area (TPSA) is 6.48 Å². The summed E-state index contributed by atoms with van der Waals surface area (Å²) in [4.78, 5) is 2.21. The molecule has 0 saturated heterocycles. The Morgan fingerprint density at radius 2 is 0.427 bits per heavy atom. The van der Waals surface area contributed by atoms with Crippen molar-refractivity contribution in [2.75, 3.05) is 9.80 Å². The summed E-state index contributed by atoms with van der Waals surface area (Å²) >= 11 is 0. The van der Waals surface area contributed by atoms with Gasteiger partial charge in [-0.15, -0.1) is 0 Å². The second-order valence-corrected chi connectivity index (χ2v) is 28.0. The summed E-state index contributed by atoms with van der Waals surface area (Å²) in [6.07, 6.45) is 22.7. The van der Waals surface area contributed by atoms with Crippen molar-refractivity contribution in [2.24, 2.45) is 0 Å². The van der Waals surface area contributed by atoms with Crippen molar-refractivity contribution < 1.29 is 35.1 Å². The van der Waals surface area contributed by atoms with Gasteiger partial charge in [0.25, 0.3) is 0 Å². The normalized spacial score (nSPS) is 18.2. The van der Waals surface area contributed by atoms with Crippen LogP contribution in [0.1, 0.15) is 219 Å². The molecule has 486 valence electrons. The Balaban J connectivity index is 0.829. The van der Waals surface area contributed by atoms with Gasteiger partial charge in [0, 0.05) is 0 Å². The van der Waals surface area contributed by atoms with Crippen LogP contribution >= 0.6 is 0 Å². The lowest BCUT2D eigenvalue weighted by molar-refractivity contribution is 0.443. The first-order chi connectivity index (χ1) is 47.0. The van der Waals surface area contributed by atoms with E-state index in [-0.39, 0.29) is 22.7 Å². The zero-order valence-electron chi connectivity index (χ0n) is 53.8. The molecule has 16 rings (SSSR count). The van der Waals surface area contributed by atoms with Crippen LogP contribution in [0.4, 0.5) is 69.2 Å². The molecule has 96 heavy (non-hydrogen) atoms. The molecule has 0 atom stereocenters. The van der Waals surface area contributed by atoms with Gasteiger partial charge in [0.2, 0.25) is 0 Å². The first kappa shape index (κ1) is 62.1. The van der Waals surface area contributed by atoms with Crippen molar-refractivity contribution in [2.45, 2.75) is 163 Å². The van der Waals surface area contributed by atoms with Gasteiger partial charge in [-0.1, -0.05) is 247 Å². The molecule has 0 N–H and O–H groups in total. The Kier molecular flexibility index (Phi) is 16.4. The molecule has 0 spiro atoms. The Morgan fingerprint density at radius 1 is 0.229 bits per heavy atom. The van der Waals surface area contributed by atoms with E-state index in [0.717, 1.165) is 135 Å². The maximum atomic E-state index is 17.9. The fraction of sp³-hybridized carbons (Fsp3) is 0.302. The number of anilines is 6. The second-order valence-electron chi connectivity index (χ2n) is 28.0. The summed E-state index contributed by atoms with van der Waals surface area (Å²) in [5.74, 6) is -15.5. The molecule has 4 saturated carbocycles. The minimum absolute atomic E-state index is 0.172. The third-order valence-corrected chi connectivity index (χ3v) is 23.1. The minimum atomic E-state index is -2.25. The maximum absolute atomic E-state index is 17.9. The van der Waals surface area contributed by atoms with Crippen LogP contribution in [0, 0.1) is 46.5 Å². The molecule has 0 bridgehead atoms. The van der Waals surface area contributed by atoms with Gasteiger partial charge in [0.05, 0.1) is 44.7 Å². The van der Waals surface area contributed by atoms with Gasteiger partial charge in [-0.05, 0) is 166 Å². The lowest BCUT2D eigenvalue weighted by Gasteiger charge is -2.46. The zero-order valence-corrected chi connectivity index (χ0v) is 53.8. The fourth-order valence-electron chi connectivity index (χ4n) is 18.4. The predicted molar refractivity (Wildman–Crippen MR) is 368 cm³/mol. The standard InChI is InChI=1S/C86H76F8N2/c87-75-73(76(88)80(92)83(79(75)91)95-69-33-17-13-29-65(69)85(66-30-14-18-34-70(66)95,61-45-37-57(38-46-61)53-21-5-1-6-22-53)62-47-39-58(40-48-62)54-23-7-2-8-24-54)74-77(89)81(93)84(82(94)78(74)90)96-71-35-19-15-31-67(71)86(68-32-16-20-36-72(68)96,63-49-41-59(42-50-63)55-25-9-3-10-26-55)64-51-43-60(44-52-64)56-27-11-4-12-28-56/h13-20,29-56H,1-12,21-28H2. The average Bonchev–Trinajstić information content (AvgIpc) is 0.698. The van der Waals surface area contributed by atoms with Gasteiger partial charge in [-0.3, -0.25) is 0 Å². The molecule has 0 radical (unpaired) electrons. The predicted octanol–water partition coefficient (Wildman–Crippen LogP) is 25.0. The quantitative estimate of drug-likeness (QED) is 0.0941. The van der Waals surface area contributed by atoms with E-state index in [9.17, 15) is 0 Å². The number of fused-ring (bicyclic) bond motifs is 4. The number of benzene rings is 10. The molecule has 4 aliphatic carbocycles. The van der Waals surface area contributed by atoms with Gasteiger partial charge >= 0.3 is 0 Å². The number of para-hydroxylation sites is 4. The summed E-state index contributed by atoms with van der Waals surface area (Å²) in [6, 6.07) is 62.1. The highest BCUT2D eigenvalue weighted by Gasteiger charge is 2.51. The Morgan fingerprint density at radius 3 is 0.635 bits per heavy atom. The van der Waals surface area contributed by atoms with Gasteiger partial charge in [-0.25, -0.2) is 35.1 Å². The molecular weight excluding hydrogens is 1210 g/mol. The maximum Gasteiger partial charge on any atom is 0.186 e. The number of rotatable bonds is 11. The molecule has 4 fully saturated rings. The molecule has 10 aromatic rings. The smallest absolute Gasteiger partial charge is 0.186 e. The molecule has 0 aromatic heterocycles. The highest BCUT2D eigenvalue weighted by molar-refractivity contribution is 5.93. The van der Waals surface area contributed by atoms with Gasteiger partial charge in [0.1, 0.15) is 11.4 Å². The number of halogens is 8. The van der Waals surface area contributed by atoms with E-state index in [0.29, 0.717) is 45.9 Å². The SMILES string of the molecule is Fc1c(F)c(N2c3ccccc3C(c3ccc(C4CCCCC4)cc3)(c3ccc(C4CCCCC4)cc3)c3ccccc32)c(F)c(F)c1-c1c(F)c(F)c(N2c3ccccc3C(c3ccc(C4CCCCC4)cc3)(c3ccc(C4CCCCC4)cc3)c3ccccc32)c(F)c1F. The Bertz CT molecular complexity index is 3980. The van der Waals surface area contributed by atoms with Crippen molar-refractivity contribution >= 4 is 34.1 Å². The lowest BCUT2D eigenvalue weighted by Crippen LogP contribution is -2.38. The molecule has 2 nitrogen and oxygen atoms in total. The van der Waals surface area contributed by atoms with E-state index in [1.807, 2.05) is 48.5 Å². The van der Waals surface area contributed by atoms with Crippen LogP contribution < -0.4 is 9.80 Å². The fourth-order valence-corrected chi connectivity index (χ4v) is 18.4. The van der Waals surface area contributed by atoms with Crippen molar-refractivity contribution in [3.63, 3.8) is 0 Å². The van der Waals surface area contributed by atoms with Crippen LogP contribution in [0.2, 0.25) is 0 Å². The van der Waals surface area contributed by atoms with E-state index in [4.69, 9.17) is 0 Å². The highest BCUT2D eigenvalue weighted by Crippen LogP contribution is 2.62. The molecule has 10 heteroatoms. The summed E-state index contributed by atoms with van der Waals surface area (Å²) in [5, 5.41) is 0. The Hall–Kier alpha value is -8.76.